The summed E-state index contributed by atoms with van der Waals surface area (Å²) in [5.74, 6) is 0.477. The van der Waals surface area contributed by atoms with E-state index in [0.29, 0.717) is 18.0 Å². The summed E-state index contributed by atoms with van der Waals surface area (Å²) >= 11 is 0. The Bertz CT molecular complexity index is 1070. The Morgan fingerprint density at radius 2 is 1.92 bits per heavy atom. The molecule has 0 spiro atoms. The molecule has 1 amide bonds. The second-order valence-corrected chi connectivity index (χ2v) is 6.18. The molecule has 1 aromatic carbocycles. The van der Waals surface area contributed by atoms with E-state index in [2.05, 4.69) is 10.1 Å². The third-order valence-electron chi connectivity index (χ3n) is 4.34. The van der Waals surface area contributed by atoms with Gasteiger partial charge in [0.05, 0.1) is 12.2 Å². The average Bonchev–Trinajstić information content (AvgIpc) is 3.27. The number of amides is 1. The van der Waals surface area contributed by atoms with E-state index in [1.54, 1.807) is 11.9 Å². The largest absolute Gasteiger partial charge is 0.359 e. The zero-order chi connectivity index (χ0) is 18.1. The van der Waals surface area contributed by atoms with Gasteiger partial charge in [0.25, 0.3) is 5.91 Å². The van der Waals surface area contributed by atoms with Crippen molar-refractivity contribution in [2.24, 2.45) is 0 Å². The molecule has 0 fully saturated rings. The number of nitrogens with zero attached hydrogens (tertiary/aromatic N) is 4. The first-order chi connectivity index (χ1) is 12.6. The number of rotatable bonds is 4. The fraction of sp³-hybridized carbons (Fsp3) is 0.150. The zero-order valence-electron chi connectivity index (χ0n) is 14.6. The summed E-state index contributed by atoms with van der Waals surface area (Å²) in [5.41, 5.74) is 3.76. The minimum atomic E-state index is -0.149. The Labute approximate surface area is 150 Å². The number of benzene rings is 1. The third kappa shape index (κ3) is 2.86. The Morgan fingerprint density at radius 1 is 1.15 bits per heavy atom. The SMILES string of the molecule is Cc1c(C(=O)N(C)Cc2cc(-c3ccccc3)no2)nc2ccccn12. The van der Waals surface area contributed by atoms with Crippen LogP contribution in [-0.2, 0) is 6.54 Å². The lowest BCUT2D eigenvalue weighted by Gasteiger charge is -2.14. The number of aryl methyl sites for hydroxylation is 1. The van der Waals surface area contributed by atoms with E-state index in [1.807, 2.05) is 72.1 Å². The lowest BCUT2D eigenvalue weighted by Crippen LogP contribution is -2.27. The predicted molar refractivity (Wildman–Crippen MR) is 97.7 cm³/mol. The monoisotopic (exact) mass is 346 g/mol. The standard InChI is InChI=1S/C20H18N4O2/c1-14-19(21-18-10-6-7-11-24(14)18)20(25)23(2)13-16-12-17(22-26-16)15-8-4-3-5-9-15/h3-12H,13H2,1-2H3. The summed E-state index contributed by atoms with van der Waals surface area (Å²) in [7, 11) is 1.73. The van der Waals surface area contributed by atoms with Crippen molar-refractivity contribution in [3.05, 3.63) is 77.9 Å². The molecule has 0 bridgehead atoms. The Hall–Kier alpha value is -3.41. The molecule has 0 radical (unpaired) electrons. The number of hydrogen-bond acceptors (Lipinski definition) is 4. The average molecular weight is 346 g/mol. The van der Waals surface area contributed by atoms with E-state index in [1.165, 1.54) is 0 Å². The van der Waals surface area contributed by atoms with E-state index in [-0.39, 0.29) is 5.91 Å². The first-order valence-corrected chi connectivity index (χ1v) is 8.33. The summed E-state index contributed by atoms with van der Waals surface area (Å²) < 4.78 is 7.30. The molecule has 130 valence electrons. The molecule has 26 heavy (non-hydrogen) atoms. The van der Waals surface area contributed by atoms with E-state index >= 15 is 0 Å². The van der Waals surface area contributed by atoms with Crippen LogP contribution in [0.1, 0.15) is 21.9 Å². The predicted octanol–water partition coefficient (Wildman–Crippen LogP) is 3.57. The molecule has 0 saturated carbocycles. The summed E-state index contributed by atoms with van der Waals surface area (Å²) in [4.78, 5) is 18.8. The van der Waals surface area contributed by atoms with Crippen LogP contribution in [0.5, 0.6) is 0 Å². The number of hydrogen-bond donors (Lipinski definition) is 0. The minimum Gasteiger partial charge on any atom is -0.359 e. The van der Waals surface area contributed by atoms with Crippen molar-refractivity contribution in [2.45, 2.75) is 13.5 Å². The first kappa shape index (κ1) is 16.1. The number of fused-ring (bicyclic) bond motifs is 1. The molecule has 0 aliphatic carbocycles. The van der Waals surface area contributed by atoms with Gasteiger partial charge in [-0.2, -0.15) is 0 Å². The highest BCUT2D eigenvalue weighted by molar-refractivity contribution is 5.94. The van der Waals surface area contributed by atoms with Crippen LogP contribution in [-0.4, -0.2) is 32.4 Å². The van der Waals surface area contributed by atoms with Gasteiger partial charge >= 0.3 is 0 Å². The summed E-state index contributed by atoms with van der Waals surface area (Å²) in [6.07, 6.45) is 1.90. The van der Waals surface area contributed by atoms with Gasteiger partial charge in [-0.15, -0.1) is 0 Å². The van der Waals surface area contributed by atoms with Crippen molar-refractivity contribution < 1.29 is 9.32 Å². The molecule has 6 heteroatoms. The van der Waals surface area contributed by atoms with E-state index in [0.717, 1.165) is 22.6 Å². The molecule has 0 atom stereocenters. The maximum Gasteiger partial charge on any atom is 0.274 e. The van der Waals surface area contributed by atoms with Crippen LogP contribution in [0.3, 0.4) is 0 Å². The van der Waals surface area contributed by atoms with E-state index in [4.69, 9.17) is 4.52 Å². The van der Waals surface area contributed by atoms with Gasteiger partial charge in [0.1, 0.15) is 17.0 Å². The van der Waals surface area contributed by atoms with Gasteiger partial charge < -0.3 is 13.8 Å². The maximum absolute atomic E-state index is 12.8. The molecule has 4 aromatic rings. The van der Waals surface area contributed by atoms with E-state index < -0.39 is 0 Å². The van der Waals surface area contributed by atoms with Gasteiger partial charge in [0.2, 0.25) is 0 Å². The molecular weight excluding hydrogens is 328 g/mol. The number of carbonyl (C=O) groups is 1. The van der Waals surface area contributed by atoms with Gasteiger partial charge in [-0.3, -0.25) is 4.79 Å². The van der Waals surface area contributed by atoms with Crippen molar-refractivity contribution >= 4 is 11.6 Å². The second-order valence-electron chi connectivity index (χ2n) is 6.18. The molecule has 0 saturated heterocycles. The number of imidazole rings is 1. The fourth-order valence-corrected chi connectivity index (χ4v) is 2.94. The van der Waals surface area contributed by atoms with Crippen molar-refractivity contribution in [3.8, 4) is 11.3 Å². The van der Waals surface area contributed by atoms with Crippen LogP contribution in [0.15, 0.2) is 65.3 Å². The highest BCUT2D eigenvalue weighted by Crippen LogP contribution is 2.20. The molecule has 3 aromatic heterocycles. The van der Waals surface area contributed by atoms with Gasteiger partial charge in [0.15, 0.2) is 5.76 Å². The van der Waals surface area contributed by atoms with Crippen molar-refractivity contribution in [1.29, 1.82) is 0 Å². The van der Waals surface area contributed by atoms with Crippen molar-refractivity contribution in [1.82, 2.24) is 19.4 Å². The fourth-order valence-electron chi connectivity index (χ4n) is 2.94. The minimum absolute atomic E-state index is 0.149. The van der Waals surface area contributed by atoms with Crippen LogP contribution < -0.4 is 0 Å². The summed E-state index contributed by atoms with van der Waals surface area (Å²) in [6.45, 7) is 2.22. The molecule has 0 aliphatic heterocycles. The van der Waals surface area contributed by atoms with Gasteiger partial charge in [-0.1, -0.05) is 41.6 Å². The summed E-state index contributed by atoms with van der Waals surface area (Å²) in [6, 6.07) is 17.3. The lowest BCUT2D eigenvalue weighted by atomic mass is 10.1. The highest BCUT2D eigenvalue weighted by atomic mass is 16.5. The van der Waals surface area contributed by atoms with Crippen LogP contribution in [0.2, 0.25) is 0 Å². The Morgan fingerprint density at radius 3 is 2.69 bits per heavy atom. The first-order valence-electron chi connectivity index (χ1n) is 8.33. The van der Waals surface area contributed by atoms with Crippen LogP contribution >= 0.6 is 0 Å². The quantitative estimate of drug-likeness (QED) is 0.567. The van der Waals surface area contributed by atoms with E-state index in [9.17, 15) is 4.79 Å². The number of pyridine rings is 1. The highest BCUT2D eigenvalue weighted by Gasteiger charge is 2.21. The normalized spacial score (nSPS) is 11.0. The molecular formula is C20H18N4O2. The molecule has 6 nitrogen and oxygen atoms in total. The smallest absolute Gasteiger partial charge is 0.274 e. The summed E-state index contributed by atoms with van der Waals surface area (Å²) in [5, 5.41) is 4.09. The van der Waals surface area contributed by atoms with Crippen molar-refractivity contribution in [3.63, 3.8) is 0 Å². The van der Waals surface area contributed by atoms with Crippen LogP contribution in [0.4, 0.5) is 0 Å². The molecule has 0 aliphatic rings. The van der Waals surface area contributed by atoms with Gasteiger partial charge in [-0.25, -0.2) is 4.98 Å². The number of aromatic nitrogens is 3. The molecule has 0 unspecified atom stereocenters. The van der Waals surface area contributed by atoms with Gasteiger partial charge in [-0.05, 0) is 19.1 Å². The number of carbonyl (C=O) groups excluding carboxylic acids is 1. The van der Waals surface area contributed by atoms with Crippen molar-refractivity contribution in [2.75, 3.05) is 7.05 Å². The molecule has 0 N–H and O–H groups in total. The van der Waals surface area contributed by atoms with Crippen LogP contribution in [0, 0.1) is 6.92 Å². The maximum atomic E-state index is 12.8. The topological polar surface area (TPSA) is 63.6 Å². The third-order valence-corrected chi connectivity index (χ3v) is 4.34. The zero-order valence-corrected chi connectivity index (χ0v) is 14.6. The Kier molecular flexibility index (Phi) is 4.01. The van der Waals surface area contributed by atoms with Crippen LogP contribution in [0.25, 0.3) is 16.9 Å². The Balaban J connectivity index is 1.54. The van der Waals surface area contributed by atoms with Gasteiger partial charge in [0, 0.05) is 24.9 Å². The molecule has 3 heterocycles. The molecule has 4 rings (SSSR count). The lowest BCUT2D eigenvalue weighted by molar-refractivity contribution is 0.0766. The second kappa shape index (κ2) is 6.48.